The highest BCUT2D eigenvalue weighted by Crippen LogP contribution is 2.27. The lowest BCUT2D eigenvalue weighted by Crippen LogP contribution is -2.34. The number of thiocarbonyl (C=S) groups is 1. The Hall–Kier alpha value is -2.67. The van der Waals surface area contributed by atoms with Gasteiger partial charge in [-0.15, -0.1) is 0 Å². The molecule has 0 bridgehead atoms. The summed E-state index contributed by atoms with van der Waals surface area (Å²) in [6, 6.07) is 10.6. The van der Waals surface area contributed by atoms with Crippen LogP contribution in [0.3, 0.4) is 0 Å². The van der Waals surface area contributed by atoms with Gasteiger partial charge < -0.3 is 14.8 Å². The van der Waals surface area contributed by atoms with Crippen molar-refractivity contribution in [1.29, 1.82) is 0 Å². The van der Waals surface area contributed by atoms with Gasteiger partial charge in [-0.2, -0.15) is 0 Å². The molecule has 2 N–H and O–H groups in total. The SMILES string of the molecule is COc1cccc(OC)c1C(=O)NC(=S)Nc1cccc(C)n1. The number of aryl methyl sites for hydroxylation is 1. The van der Waals surface area contributed by atoms with Crippen LogP contribution >= 0.6 is 12.2 Å². The lowest BCUT2D eigenvalue weighted by atomic mass is 10.1. The standard InChI is InChI=1S/C16H17N3O3S/c1-10-6-4-9-13(17-10)18-16(23)19-15(20)14-11(21-2)7-5-8-12(14)22-3/h4-9H,1-3H3,(H2,17,18,19,20,23). The van der Waals surface area contributed by atoms with E-state index in [0.717, 1.165) is 5.69 Å². The molecule has 7 heteroatoms. The molecule has 0 aliphatic heterocycles. The quantitative estimate of drug-likeness (QED) is 0.839. The highest BCUT2D eigenvalue weighted by molar-refractivity contribution is 7.80. The fourth-order valence-electron chi connectivity index (χ4n) is 2.00. The zero-order chi connectivity index (χ0) is 16.8. The number of benzene rings is 1. The van der Waals surface area contributed by atoms with E-state index in [1.807, 2.05) is 19.1 Å². The maximum Gasteiger partial charge on any atom is 0.264 e. The summed E-state index contributed by atoms with van der Waals surface area (Å²) in [5, 5.41) is 5.60. The van der Waals surface area contributed by atoms with Crippen LogP contribution in [0.1, 0.15) is 16.1 Å². The summed E-state index contributed by atoms with van der Waals surface area (Å²) in [4.78, 5) is 16.7. The number of ether oxygens (including phenoxy) is 2. The number of methoxy groups -OCH3 is 2. The first-order chi connectivity index (χ1) is 11.0. The maximum absolute atomic E-state index is 12.5. The van der Waals surface area contributed by atoms with Crippen LogP contribution < -0.4 is 20.1 Å². The Labute approximate surface area is 139 Å². The first-order valence-corrected chi connectivity index (χ1v) is 7.23. The van der Waals surface area contributed by atoms with Crippen molar-refractivity contribution >= 4 is 29.1 Å². The van der Waals surface area contributed by atoms with Gasteiger partial charge in [-0.05, 0) is 43.4 Å². The average molecular weight is 331 g/mol. The second-order valence-electron chi connectivity index (χ2n) is 4.61. The van der Waals surface area contributed by atoms with E-state index in [1.165, 1.54) is 14.2 Å². The maximum atomic E-state index is 12.5. The van der Waals surface area contributed by atoms with Gasteiger partial charge in [-0.3, -0.25) is 10.1 Å². The van der Waals surface area contributed by atoms with Crippen molar-refractivity contribution in [2.24, 2.45) is 0 Å². The van der Waals surface area contributed by atoms with Crippen molar-refractivity contribution in [1.82, 2.24) is 10.3 Å². The molecule has 6 nitrogen and oxygen atoms in total. The summed E-state index contributed by atoms with van der Waals surface area (Å²) in [7, 11) is 2.97. The molecule has 23 heavy (non-hydrogen) atoms. The number of nitrogens with one attached hydrogen (secondary N) is 2. The number of nitrogens with zero attached hydrogens (tertiary/aromatic N) is 1. The molecular formula is C16H17N3O3S. The number of carbonyl (C=O) groups is 1. The van der Waals surface area contributed by atoms with E-state index in [0.29, 0.717) is 17.3 Å². The second kappa shape index (κ2) is 7.55. The molecule has 0 radical (unpaired) electrons. The van der Waals surface area contributed by atoms with Gasteiger partial charge in [-0.25, -0.2) is 4.98 Å². The zero-order valence-electron chi connectivity index (χ0n) is 13.0. The second-order valence-corrected chi connectivity index (χ2v) is 5.02. The van der Waals surface area contributed by atoms with Gasteiger partial charge in [0.2, 0.25) is 0 Å². The van der Waals surface area contributed by atoms with Crippen LogP contribution in [0.25, 0.3) is 0 Å². The van der Waals surface area contributed by atoms with Crippen LogP contribution in [0.5, 0.6) is 11.5 Å². The van der Waals surface area contributed by atoms with Gasteiger partial charge in [0, 0.05) is 5.69 Å². The van der Waals surface area contributed by atoms with Gasteiger partial charge in [0.15, 0.2) is 5.11 Å². The molecule has 1 aromatic carbocycles. The highest BCUT2D eigenvalue weighted by Gasteiger charge is 2.19. The van der Waals surface area contributed by atoms with Crippen LogP contribution in [-0.4, -0.2) is 30.2 Å². The third kappa shape index (κ3) is 4.17. The van der Waals surface area contributed by atoms with Gasteiger partial charge in [0.25, 0.3) is 5.91 Å². The van der Waals surface area contributed by atoms with E-state index in [4.69, 9.17) is 21.7 Å². The normalized spacial score (nSPS) is 9.87. The molecule has 0 saturated carbocycles. The van der Waals surface area contributed by atoms with E-state index in [9.17, 15) is 4.79 Å². The zero-order valence-corrected chi connectivity index (χ0v) is 13.9. The predicted octanol–water partition coefficient (Wildman–Crippen LogP) is 2.53. The van der Waals surface area contributed by atoms with Gasteiger partial charge in [0.1, 0.15) is 22.9 Å². The Morgan fingerprint density at radius 2 is 1.70 bits per heavy atom. The Morgan fingerprint density at radius 3 is 2.26 bits per heavy atom. The molecule has 120 valence electrons. The Bertz CT molecular complexity index is 712. The van der Waals surface area contributed by atoms with E-state index < -0.39 is 5.91 Å². The van der Waals surface area contributed by atoms with Crippen LogP contribution in [0.2, 0.25) is 0 Å². The number of rotatable bonds is 4. The van der Waals surface area contributed by atoms with E-state index in [-0.39, 0.29) is 10.7 Å². The Kier molecular flexibility index (Phi) is 5.48. The topological polar surface area (TPSA) is 72.5 Å². The summed E-state index contributed by atoms with van der Waals surface area (Å²) in [6.45, 7) is 1.87. The molecule has 2 aromatic rings. The van der Waals surface area contributed by atoms with Gasteiger partial charge >= 0.3 is 0 Å². The summed E-state index contributed by atoms with van der Waals surface area (Å²) in [6.07, 6.45) is 0. The van der Waals surface area contributed by atoms with E-state index in [2.05, 4.69) is 15.6 Å². The molecule has 1 amide bonds. The summed E-state index contributed by atoms with van der Waals surface area (Å²) in [5.74, 6) is 0.934. The summed E-state index contributed by atoms with van der Waals surface area (Å²) >= 11 is 5.15. The third-order valence-electron chi connectivity index (χ3n) is 3.01. The first kappa shape index (κ1) is 16.7. The van der Waals surface area contributed by atoms with Gasteiger partial charge in [-0.1, -0.05) is 12.1 Å². The number of amides is 1. The largest absolute Gasteiger partial charge is 0.496 e. The molecule has 0 spiro atoms. The van der Waals surface area contributed by atoms with Crippen LogP contribution in [-0.2, 0) is 0 Å². The number of hydrogen-bond acceptors (Lipinski definition) is 5. The lowest BCUT2D eigenvalue weighted by Gasteiger charge is -2.14. The molecule has 0 aliphatic rings. The molecule has 1 heterocycles. The summed E-state index contributed by atoms with van der Waals surface area (Å²) in [5.41, 5.74) is 1.12. The van der Waals surface area contributed by atoms with Crippen molar-refractivity contribution in [3.8, 4) is 11.5 Å². The molecule has 0 saturated heterocycles. The first-order valence-electron chi connectivity index (χ1n) is 6.82. The molecule has 2 rings (SSSR count). The van der Waals surface area contributed by atoms with Crippen LogP contribution in [0.15, 0.2) is 36.4 Å². The highest BCUT2D eigenvalue weighted by atomic mass is 32.1. The smallest absolute Gasteiger partial charge is 0.264 e. The van der Waals surface area contributed by atoms with E-state index >= 15 is 0 Å². The predicted molar refractivity (Wildman–Crippen MR) is 92.2 cm³/mol. The number of hydrogen-bond donors (Lipinski definition) is 2. The Morgan fingerprint density at radius 1 is 1.09 bits per heavy atom. The average Bonchev–Trinajstić information content (AvgIpc) is 2.53. The Balaban J connectivity index is 2.14. The molecule has 0 aliphatic carbocycles. The molecule has 0 unspecified atom stereocenters. The van der Waals surface area contributed by atoms with Crippen LogP contribution in [0.4, 0.5) is 5.82 Å². The number of aromatic nitrogens is 1. The van der Waals surface area contributed by atoms with Crippen molar-refractivity contribution in [2.45, 2.75) is 6.92 Å². The van der Waals surface area contributed by atoms with E-state index in [1.54, 1.807) is 24.3 Å². The van der Waals surface area contributed by atoms with Crippen molar-refractivity contribution in [3.05, 3.63) is 47.7 Å². The van der Waals surface area contributed by atoms with Gasteiger partial charge in [0.05, 0.1) is 14.2 Å². The number of pyridine rings is 1. The third-order valence-corrected chi connectivity index (χ3v) is 3.22. The van der Waals surface area contributed by atoms with Crippen molar-refractivity contribution in [2.75, 3.05) is 19.5 Å². The minimum atomic E-state index is -0.426. The fourth-order valence-corrected chi connectivity index (χ4v) is 2.20. The molecular weight excluding hydrogens is 314 g/mol. The monoisotopic (exact) mass is 331 g/mol. The number of carbonyl (C=O) groups excluding carboxylic acids is 1. The van der Waals surface area contributed by atoms with Crippen molar-refractivity contribution < 1.29 is 14.3 Å². The summed E-state index contributed by atoms with van der Waals surface area (Å²) < 4.78 is 10.4. The number of anilines is 1. The van der Waals surface area contributed by atoms with Crippen molar-refractivity contribution in [3.63, 3.8) is 0 Å². The molecule has 1 aromatic heterocycles. The lowest BCUT2D eigenvalue weighted by molar-refractivity contribution is 0.0971. The molecule has 0 fully saturated rings. The fraction of sp³-hybridized carbons (Fsp3) is 0.188. The van der Waals surface area contributed by atoms with Crippen LogP contribution in [0, 0.1) is 6.92 Å². The minimum Gasteiger partial charge on any atom is -0.496 e. The minimum absolute atomic E-state index is 0.140. The molecule has 0 atom stereocenters.